The van der Waals surface area contributed by atoms with Crippen molar-refractivity contribution >= 4 is 20.0 Å². The highest BCUT2D eigenvalue weighted by Gasteiger charge is 2.66. The zero-order chi connectivity index (χ0) is 66.8. The van der Waals surface area contributed by atoms with Crippen LogP contribution < -0.4 is 25.2 Å². The molecule has 2 heterocycles. The Kier molecular flexibility index (Phi) is 48.1. The first kappa shape index (κ1) is 83.3. The first-order valence-corrected chi connectivity index (χ1v) is 41.5. The molecule has 13 heteroatoms. The maximum absolute atomic E-state index is 14.5. The van der Waals surface area contributed by atoms with Gasteiger partial charge in [0.25, 0.3) is 5.91 Å². The van der Waals surface area contributed by atoms with Crippen molar-refractivity contribution in [2.45, 2.75) is 412 Å². The average Bonchev–Trinajstić information content (AvgIpc) is 1.48. The van der Waals surface area contributed by atoms with E-state index in [1.165, 1.54) is 274 Å². The molecule has 3 N–H and O–H groups in total. The van der Waals surface area contributed by atoms with Crippen molar-refractivity contribution in [1.82, 2.24) is 9.55 Å². The van der Waals surface area contributed by atoms with Crippen LogP contribution in [0.1, 0.15) is 394 Å². The number of ether oxygens (including phenoxy) is 4. The average molecular weight is 1310 g/mol. The van der Waals surface area contributed by atoms with Gasteiger partial charge in [-0.1, -0.05) is 337 Å². The van der Waals surface area contributed by atoms with E-state index in [-0.39, 0.29) is 29.4 Å². The molecule has 0 radical (unpaired) electrons. The molecule has 92 heavy (non-hydrogen) atoms. The minimum absolute atomic E-state index is 0.0163. The van der Waals surface area contributed by atoms with Crippen molar-refractivity contribution in [2.75, 3.05) is 31.7 Å². The van der Waals surface area contributed by atoms with Crippen LogP contribution in [-0.4, -0.2) is 77.8 Å². The summed E-state index contributed by atoms with van der Waals surface area (Å²) in [4.78, 5) is 32.8. The van der Waals surface area contributed by atoms with Crippen LogP contribution in [0.15, 0.2) is 29.2 Å². The van der Waals surface area contributed by atoms with Gasteiger partial charge in [0.1, 0.15) is 23.4 Å². The van der Waals surface area contributed by atoms with Gasteiger partial charge in [-0.05, 0) is 62.4 Å². The molecule has 2 aromatic rings. The number of nitrogens with zero attached hydrogens (tertiary/aromatic N) is 2. The number of nitrogens with one attached hydrogen (secondary N) is 1. The van der Waals surface area contributed by atoms with Gasteiger partial charge in [0, 0.05) is 24.3 Å². The number of hydrogen-bond donors (Lipinski definition) is 3. The van der Waals surface area contributed by atoms with Crippen molar-refractivity contribution < 1.29 is 38.4 Å². The third-order valence-corrected chi connectivity index (χ3v) is 25.9. The Hall–Kier alpha value is -2.97. The second-order valence-corrected chi connectivity index (χ2v) is 33.9. The molecule has 0 saturated carbocycles. The fourth-order valence-corrected chi connectivity index (χ4v) is 20.4. The minimum Gasteiger partial charge on any atom is -0.490 e. The molecule has 1 fully saturated rings. The molecular weight excluding hydrogens is 1160 g/mol. The predicted octanol–water partition coefficient (Wildman–Crippen LogP) is 23.2. The predicted molar refractivity (Wildman–Crippen MR) is 391 cm³/mol. The van der Waals surface area contributed by atoms with Gasteiger partial charge in [-0.25, -0.2) is 4.79 Å². The second kappa shape index (κ2) is 53.1. The van der Waals surface area contributed by atoms with Crippen LogP contribution >= 0.6 is 0 Å². The molecular formula is C79H145N3O9Si. The molecule has 0 bridgehead atoms. The SMILES string of the molecule is CCCCCCCCCCCCCCCCCCOc1cc(C(=O)Nc2ccn([C@H]3C[C@@](O)([Si](OC(C)C)(C(C)C)C(C)C)[C@@H](CO)O3)c(=O)n2)cc(OCCCCCCCCCCCCCCCCCC)c1OCCCCCCCCCCCCCCCCCC. The lowest BCUT2D eigenvalue weighted by Crippen LogP contribution is -2.69. The Labute approximate surface area is 566 Å². The number of aliphatic hydroxyl groups excluding tert-OH is 1. The Morgan fingerprint density at radius 1 is 0.533 bits per heavy atom. The lowest BCUT2D eigenvalue weighted by atomic mass is 10.0. The number of carbonyl (C=O) groups excluding carboxylic acids is 1. The maximum Gasteiger partial charge on any atom is 0.351 e. The van der Waals surface area contributed by atoms with E-state index in [1.54, 1.807) is 24.4 Å². The first-order valence-electron chi connectivity index (χ1n) is 39.4. The number of aromatic nitrogens is 2. The molecule has 1 saturated heterocycles. The zero-order valence-electron chi connectivity index (χ0n) is 61.3. The van der Waals surface area contributed by atoms with E-state index in [1.807, 2.05) is 13.8 Å². The number of benzene rings is 1. The quantitative estimate of drug-likeness (QED) is 0.0431. The Bertz CT molecular complexity index is 2090. The molecule has 534 valence electrons. The molecule has 0 unspecified atom stereocenters. The molecule has 1 amide bonds. The zero-order valence-corrected chi connectivity index (χ0v) is 62.3. The van der Waals surface area contributed by atoms with Crippen molar-refractivity contribution in [2.24, 2.45) is 0 Å². The summed E-state index contributed by atoms with van der Waals surface area (Å²) in [6.45, 7) is 20.1. The van der Waals surface area contributed by atoms with Crippen LogP contribution in [-0.2, 0) is 9.16 Å². The van der Waals surface area contributed by atoms with Crippen LogP contribution in [0.3, 0.4) is 0 Å². The fraction of sp³-hybridized carbons (Fsp3) is 0.861. The molecule has 1 aliphatic heterocycles. The third kappa shape index (κ3) is 33.8. The Morgan fingerprint density at radius 3 is 1.14 bits per heavy atom. The normalized spacial score (nSPS) is 16.0. The summed E-state index contributed by atoms with van der Waals surface area (Å²) in [5, 5.41) is 24.7. The highest BCUT2D eigenvalue weighted by molar-refractivity contribution is 6.79. The van der Waals surface area contributed by atoms with Crippen LogP contribution in [0.2, 0.25) is 11.1 Å². The fourth-order valence-electron chi connectivity index (χ4n) is 14.4. The third-order valence-electron chi connectivity index (χ3n) is 19.7. The van der Waals surface area contributed by atoms with E-state index in [0.29, 0.717) is 42.6 Å². The number of aliphatic hydroxyl groups is 2. The summed E-state index contributed by atoms with van der Waals surface area (Å²) in [7, 11) is -3.10. The lowest BCUT2D eigenvalue weighted by molar-refractivity contribution is -0.0664. The molecule has 0 aliphatic carbocycles. The number of amides is 1. The summed E-state index contributed by atoms with van der Waals surface area (Å²) >= 11 is 0. The lowest BCUT2D eigenvalue weighted by Gasteiger charge is -2.50. The maximum atomic E-state index is 14.5. The Balaban J connectivity index is 1.74. The molecule has 1 aromatic carbocycles. The monoisotopic (exact) mass is 1310 g/mol. The van der Waals surface area contributed by atoms with Gasteiger partial charge >= 0.3 is 5.69 Å². The van der Waals surface area contributed by atoms with Crippen LogP contribution in [0.5, 0.6) is 17.2 Å². The van der Waals surface area contributed by atoms with Crippen molar-refractivity contribution in [3.63, 3.8) is 0 Å². The van der Waals surface area contributed by atoms with E-state index >= 15 is 0 Å². The molecule has 1 aromatic heterocycles. The van der Waals surface area contributed by atoms with Crippen molar-refractivity contribution in [3.05, 3.63) is 40.4 Å². The van der Waals surface area contributed by atoms with Gasteiger partial charge < -0.3 is 38.9 Å². The molecule has 3 atom stereocenters. The smallest absolute Gasteiger partial charge is 0.351 e. The summed E-state index contributed by atoms with van der Waals surface area (Å²) in [6.07, 6.45) is 61.9. The van der Waals surface area contributed by atoms with Crippen LogP contribution in [0, 0.1) is 0 Å². The number of anilines is 1. The number of rotatable bonds is 63. The molecule has 0 spiro atoms. The molecule has 3 rings (SSSR count). The van der Waals surface area contributed by atoms with Gasteiger partial charge in [0.2, 0.25) is 14.1 Å². The number of hydrogen-bond acceptors (Lipinski definition) is 10. The Morgan fingerprint density at radius 2 is 0.848 bits per heavy atom. The van der Waals surface area contributed by atoms with Crippen LogP contribution in [0.4, 0.5) is 5.82 Å². The molecule has 1 aliphatic rings. The van der Waals surface area contributed by atoms with E-state index in [2.05, 4.69) is 58.8 Å². The van der Waals surface area contributed by atoms with E-state index in [9.17, 15) is 19.8 Å². The second-order valence-electron chi connectivity index (χ2n) is 28.9. The highest BCUT2D eigenvalue weighted by atomic mass is 28.4. The van der Waals surface area contributed by atoms with Gasteiger partial charge in [0.15, 0.2) is 11.5 Å². The first-order chi connectivity index (χ1) is 44.8. The molecule has 12 nitrogen and oxygen atoms in total. The van der Waals surface area contributed by atoms with Gasteiger partial charge in [-0.15, -0.1) is 0 Å². The van der Waals surface area contributed by atoms with Gasteiger partial charge in [-0.2, -0.15) is 4.98 Å². The number of carbonyl (C=O) groups is 1. The largest absolute Gasteiger partial charge is 0.490 e. The van der Waals surface area contributed by atoms with Gasteiger partial charge in [-0.3, -0.25) is 9.36 Å². The summed E-state index contributed by atoms with van der Waals surface area (Å²) in [6, 6.07) is 5.09. The highest BCUT2D eigenvalue weighted by Crippen LogP contribution is 2.52. The van der Waals surface area contributed by atoms with Crippen molar-refractivity contribution in [1.29, 1.82) is 0 Å². The number of unbranched alkanes of at least 4 members (excludes halogenated alkanes) is 45. The van der Waals surface area contributed by atoms with E-state index < -0.39 is 44.1 Å². The van der Waals surface area contributed by atoms with Gasteiger partial charge in [0.05, 0.1) is 26.4 Å². The van der Waals surface area contributed by atoms with E-state index in [0.717, 1.165) is 38.5 Å². The summed E-state index contributed by atoms with van der Waals surface area (Å²) in [5.41, 5.74) is -0.364. The van der Waals surface area contributed by atoms with Crippen molar-refractivity contribution in [3.8, 4) is 17.2 Å². The topological polar surface area (TPSA) is 151 Å². The van der Waals surface area contributed by atoms with Crippen LogP contribution in [0.25, 0.3) is 0 Å². The minimum atomic E-state index is -3.10. The summed E-state index contributed by atoms with van der Waals surface area (Å²) < 4.78 is 34.4. The summed E-state index contributed by atoms with van der Waals surface area (Å²) in [5.74, 6) is 1.16. The standard InChI is InChI=1S/C79H145N3O9Si/c1-10-13-16-19-22-25-28-31-34-37-40-43-46-49-52-55-60-87-71-63-70(77(84)80-74-58-59-82(78(85)81-74)75-65-79(86,73(66-83)90-75)92(68(6)7,69(8)9)91-67(4)5)64-72(88-61-56-53-50-47-44-41-38-35-32-29-26-23-20-17-14-11-2)76(71)89-62-57-54-51-48-45-42-39-36-33-30-27-24-21-18-15-12-3/h58-59,63-64,67-69,73,75,83,86H,10-57,60-62,65-66H2,1-9H3,(H,80,81,84,85)/t73-,75-,79-/m1/s1. The van der Waals surface area contributed by atoms with E-state index in [4.69, 9.17) is 23.4 Å².